The highest BCUT2D eigenvalue weighted by molar-refractivity contribution is 5.48. The third-order valence-corrected chi connectivity index (χ3v) is 2.97. The molecule has 6 heteroatoms. The summed E-state index contributed by atoms with van der Waals surface area (Å²) < 4.78 is 0. The van der Waals surface area contributed by atoms with Crippen molar-refractivity contribution < 1.29 is 4.92 Å². The van der Waals surface area contributed by atoms with Gasteiger partial charge in [0.1, 0.15) is 0 Å². The molecule has 1 aromatic carbocycles. The molecule has 0 fully saturated rings. The third kappa shape index (κ3) is 3.87. The largest absolute Gasteiger partial charge is 0.385 e. The molecule has 0 spiro atoms. The molecule has 19 heavy (non-hydrogen) atoms. The molecule has 6 nitrogen and oxygen atoms in total. The van der Waals surface area contributed by atoms with Crippen LogP contribution >= 0.6 is 0 Å². The van der Waals surface area contributed by atoms with Crippen LogP contribution in [0.1, 0.15) is 6.42 Å². The van der Waals surface area contributed by atoms with Gasteiger partial charge in [-0.3, -0.25) is 10.1 Å². The minimum absolute atomic E-state index is 0.121. The van der Waals surface area contributed by atoms with E-state index < -0.39 is 0 Å². The molecule has 102 valence electrons. The fourth-order valence-corrected chi connectivity index (χ4v) is 1.95. The fraction of sp³-hybridized carbons (Fsp3) is 0.385. The van der Waals surface area contributed by atoms with Crippen molar-refractivity contribution >= 4 is 11.4 Å². The Labute approximate surface area is 112 Å². The molecular formula is C13H18N4O2. The van der Waals surface area contributed by atoms with Crippen molar-refractivity contribution in [3.63, 3.8) is 0 Å². The quantitative estimate of drug-likeness (QED) is 0.483. The standard InChI is InChI=1S/C13H18N4O2/c1-15-9-10-16(11-15)8-2-7-14-12-3-5-13(6-4-12)17(18)19/h3-6,9-10,14H,2,7-8,11H2,1H3. The Kier molecular flexibility index (Phi) is 4.22. The topological polar surface area (TPSA) is 61.6 Å². The predicted octanol–water partition coefficient (Wildman–Crippen LogP) is 2.07. The first-order valence-corrected chi connectivity index (χ1v) is 6.26. The Hall–Kier alpha value is -2.24. The average Bonchev–Trinajstić information content (AvgIpc) is 2.81. The van der Waals surface area contributed by atoms with Crippen molar-refractivity contribution in [2.24, 2.45) is 0 Å². The fourth-order valence-electron chi connectivity index (χ4n) is 1.95. The van der Waals surface area contributed by atoms with Gasteiger partial charge in [0, 0.05) is 50.4 Å². The van der Waals surface area contributed by atoms with Crippen LogP contribution < -0.4 is 5.32 Å². The summed E-state index contributed by atoms with van der Waals surface area (Å²) in [5, 5.41) is 13.8. The second-order valence-electron chi connectivity index (χ2n) is 4.59. The Morgan fingerprint density at radius 3 is 2.63 bits per heavy atom. The highest BCUT2D eigenvalue weighted by Gasteiger charge is 2.07. The second kappa shape index (κ2) is 6.08. The van der Waals surface area contributed by atoms with Crippen LogP contribution in [0, 0.1) is 10.1 Å². The minimum atomic E-state index is -0.389. The number of rotatable bonds is 6. The van der Waals surface area contributed by atoms with E-state index in [0.29, 0.717) is 0 Å². The number of nitrogens with zero attached hydrogens (tertiary/aromatic N) is 3. The maximum Gasteiger partial charge on any atom is 0.269 e. The highest BCUT2D eigenvalue weighted by atomic mass is 16.6. The van der Waals surface area contributed by atoms with E-state index in [1.54, 1.807) is 12.1 Å². The number of hydrogen-bond donors (Lipinski definition) is 1. The first kappa shape index (κ1) is 13.2. The van der Waals surface area contributed by atoms with Crippen LogP contribution in [0.15, 0.2) is 36.7 Å². The van der Waals surface area contributed by atoms with Gasteiger partial charge in [-0.05, 0) is 18.6 Å². The van der Waals surface area contributed by atoms with E-state index in [1.165, 1.54) is 12.1 Å². The van der Waals surface area contributed by atoms with Gasteiger partial charge >= 0.3 is 0 Å². The van der Waals surface area contributed by atoms with E-state index in [-0.39, 0.29) is 10.6 Å². The summed E-state index contributed by atoms with van der Waals surface area (Å²) in [6.07, 6.45) is 5.17. The van der Waals surface area contributed by atoms with Gasteiger partial charge in [-0.1, -0.05) is 0 Å². The maximum atomic E-state index is 10.5. The molecule has 0 unspecified atom stereocenters. The number of nitro groups is 1. The zero-order valence-corrected chi connectivity index (χ0v) is 11.0. The molecule has 1 aromatic rings. The first-order chi connectivity index (χ1) is 9.15. The van der Waals surface area contributed by atoms with E-state index in [2.05, 4.69) is 27.5 Å². The normalized spacial score (nSPS) is 13.9. The van der Waals surface area contributed by atoms with Gasteiger partial charge in [0.25, 0.3) is 5.69 Å². The number of hydrogen-bond acceptors (Lipinski definition) is 5. The summed E-state index contributed by atoms with van der Waals surface area (Å²) >= 11 is 0. The molecule has 0 saturated carbocycles. The summed E-state index contributed by atoms with van der Waals surface area (Å²) in [5.41, 5.74) is 1.04. The molecule has 1 aliphatic heterocycles. The van der Waals surface area contributed by atoms with E-state index in [1.807, 2.05) is 7.05 Å². The Bertz CT molecular complexity index is 458. The van der Waals surface area contributed by atoms with Gasteiger partial charge in [0.05, 0.1) is 11.6 Å². The molecule has 0 atom stereocenters. The Morgan fingerprint density at radius 1 is 1.32 bits per heavy atom. The lowest BCUT2D eigenvalue weighted by Gasteiger charge is -2.18. The predicted molar refractivity (Wildman–Crippen MR) is 74.7 cm³/mol. The second-order valence-corrected chi connectivity index (χ2v) is 4.59. The number of anilines is 1. The average molecular weight is 262 g/mol. The van der Waals surface area contributed by atoms with Crippen LogP contribution in [0.25, 0.3) is 0 Å². The van der Waals surface area contributed by atoms with E-state index in [9.17, 15) is 10.1 Å². The van der Waals surface area contributed by atoms with Crippen molar-refractivity contribution in [3.8, 4) is 0 Å². The summed E-state index contributed by atoms with van der Waals surface area (Å²) in [7, 11) is 2.05. The van der Waals surface area contributed by atoms with Crippen molar-refractivity contribution in [1.29, 1.82) is 0 Å². The first-order valence-electron chi connectivity index (χ1n) is 6.26. The monoisotopic (exact) mass is 262 g/mol. The summed E-state index contributed by atoms with van der Waals surface area (Å²) in [4.78, 5) is 14.5. The molecule has 1 heterocycles. The molecule has 0 amide bonds. The molecule has 2 rings (SSSR count). The van der Waals surface area contributed by atoms with Gasteiger partial charge in [-0.15, -0.1) is 0 Å². The summed E-state index contributed by atoms with van der Waals surface area (Å²) in [6.45, 7) is 2.80. The molecule has 0 bridgehead atoms. The SMILES string of the molecule is CN1C=CN(CCCNc2ccc([N+](=O)[O-])cc2)C1. The zero-order chi connectivity index (χ0) is 13.7. The lowest BCUT2D eigenvalue weighted by Crippen LogP contribution is -2.24. The third-order valence-electron chi connectivity index (χ3n) is 2.97. The number of nitro benzene ring substituents is 1. The van der Waals surface area contributed by atoms with Gasteiger partial charge in [-0.25, -0.2) is 0 Å². The molecule has 0 saturated heterocycles. The van der Waals surface area contributed by atoms with Crippen LogP contribution in [-0.4, -0.2) is 41.5 Å². The van der Waals surface area contributed by atoms with Crippen molar-refractivity contribution in [3.05, 3.63) is 46.8 Å². The summed E-state index contributed by atoms with van der Waals surface area (Å²) in [6, 6.07) is 6.50. The molecule has 0 aliphatic carbocycles. The van der Waals surface area contributed by atoms with Gasteiger partial charge in [0.2, 0.25) is 0 Å². The van der Waals surface area contributed by atoms with E-state index in [4.69, 9.17) is 0 Å². The van der Waals surface area contributed by atoms with Crippen molar-refractivity contribution in [2.75, 3.05) is 32.1 Å². The van der Waals surface area contributed by atoms with E-state index in [0.717, 1.165) is 31.9 Å². The Balaban J connectivity index is 1.68. The van der Waals surface area contributed by atoms with Crippen LogP contribution in [0.2, 0.25) is 0 Å². The zero-order valence-electron chi connectivity index (χ0n) is 11.0. The minimum Gasteiger partial charge on any atom is -0.385 e. The van der Waals surface area contributed by atoms with E-state index >= 15 is 0 Å². The molecule has 0 radical (unpaired) electrons. The van der Waals surface area contributed by atoms with Crippen LogP contribution in [0.5, 0.6) is 0 Å². The smallest absolute Gasteiger partial charge is 0.269 e. The highest BCUT2D eigenvalue weighted by Crippen LogP contribution is 2.15. The number of nitrogens with one attached hydrogen (secondary N) is 1. The van der Waals surface area contributed by atoms with Crippen LogP contribution in [0.4, 0.5) is 11.4 Å². The molecular weight excluding hydrogens is 244 g/mol. The lowest BCUT2D eigenvalue weighted by atomic mass is 10.3. The Morgan fingerprint density at radius 2 is 2.05 bits per heavy atom. The molecule has 1 N–H and O–H groups in total. The van der Waals surface area contributed by atoms with Crippen LogP contribution in [-0.2, 0) is 0 Å². The maximum absolute atomic E-state index is 10.5. The molecule has 1 aliphatic rings. The van der Waals surface area contributed by atoms with Crippen molar-refractivity contribution in [1.82, 2.24) is 9.80 Å². The van der Waals surface area contributed by atoms with Crippen molar-refractivity contribution in [2.45, 2.75) is 6.42 Å². The number of non-ortho nitro benzene ring substituents is 1. The van der Waals surface area contributed by atoms with Gasteiger partial charge in [0.15, 0.2) is 0 Å². The van der Waals surface area contributed by atoms with Gasteiger partial charge < -0.3 is 15.1 Å². The molecule has 0 aromatic heterocycles. The lowest BCUT2D eigenvalue weighted by molar-refractivity contribution is -0.384. The summed E-state index contributed by atoms with van der Waals surface area (Å²) in [5.74, 6) is 0. The van der Waals surface area contributed by atoms with Crippen LogP contribution in [0.3, 0.4) is 0 Å². The number of benzene rings is 1. The van der Waals surface area contributed by atoms with Gasteiger partial charge in [-0.2, -0.15) is 0 Å².